The molecule has 0 heterocycles. The van der Waals surface area contributed by atoms with E-state index in [1.54, 1.807) is 0 Å². The van der Waals surface area contributed by atoms with Gasteiger partial charge in [0.2, 0.25) is 0 Å². The van der Waals surface area contributed by atoms with Crippen molar-refractivity contribution in [2.45, 2.75) is 12.6 Å². The molecular weight excluding hydrogens is 222 g/mol. The Kier molecular flexibility index (Phi) is 3.91. The predicted octanol–water partition coefficient (Wildman–Crippen LogP) is 2.54. The van der Waals surface area contributed by atoms with Crippen LogP contribution >= 0.6 is 0 Å². The Bertz CT molecular complexity index is 426. The van der Waals surface area contributed by atoms with Crippen molar-refractivity contribution in [1.29, 1.82) is 0 Å². The first-order chi connectivity index (χ1) is 7.46. The first-order valence-corrected chi connectivity index (χ1v) is 4.51. The Hall–Kier alpha value is -1.54. The van der Waals surface area contributed by atoms with Gasteiger partial charge in [0.1, 0.15) is 11.4 Å². The third kappa shape index (κ3) is 2.97. The van der Waals surface area contributed by atoms with Crippen LogP contribution in [0.4, 0.5) is 17.6 Å². The zero-order valence-electron chi connectivity index (χ0n) is 8.24. The van der Waals surface area contributed by atoms with E-state index in [0.29, 0.717) is 0 Å². The van der Waals surface area contributed by atoms with Gasteiger partial charge in [0.25, 0.3) is 0 Å². The molecule has 0 aromatic heterocycles. The van der Waals surface area contributed by atoms with E-state index in [9.17, 15) is 17.6 Å². The number of alkyl halides is 3. The second-order valence-electron chi connectivity index (χ2n) is 3.00. The van der Waals surface area contributed by atoms with Gasteiger partial charge in [-0.25, -0.2) is 4.39 Å². The average molecular weight is 231 g/mol. The maximum Gasteiger partial charge on any atom is 0.420 e. The fraction of sp³-hybridized carbons (Fsp3) is 0.273. The summed E-state index contributed by atoms with van der Waals surface area (Å²) in [7, 11) is 0. The summed E-state index contributed by atoms with van der Waals surface area (Å²) in [5.74, 6) is 3.41. The van der Waals surface area contributed by atoms with Crippen LogP contribution in [0.1, 0.15) is 17.5 Å². The number of rotatable bonds is 1. The van der Waals surface area contributed by atoms with Gasteiger partial charge in [-0.1, -0.05) is 17.9 Å². The summed E-state index contributed by atoms with van der Waals surface area (Å²) in [6, 6.07) is 3.09. The van der Waals surface area contributed by atoms with Crippen LogP contribution < -0.4 is 5.73 Å². The minimum absolute atomic E-state index is 0.254. The highest BCUT2D eigenvalue weighted by Gasteiger charge is 2.36. The van der Waals surface area contributed by atoms with Crippen LogP contribution in [0, 0.1) is 17.7 Å². The summed E-state index contributed by atoms with van der Waals surface area (Å²) < 4.78 is 50.5. The van der Waals surface area contributed by atoms with Gasteiger partial charge in [-0.15, -0.1) is 0 Å². The van der Waals surface area contributed by atoms with Crippen molar-refractivity contribution in [3.63, 3.8) is 0 Å². The standard InChI is InChI=1S/C11H9F4N/c12-9-6-3-5-8(4-1-2-7-16)10(9)11(13,14)15/h3,5-6H,2,7,16H2. The molecule has 2 N–H and O–H groups in total. The van der Waals surface area contributed by atoms with Crippen LogP contribution in [0.3, 0.4) is 0 Å². The van der Waals surface area contributed by atoms with E-state index < -0.39 is 17.6 Å². The highest BCUT2D eigenvalue weighted by atomic mass is 19.4. The van der Waals surface area contributed by atoms with Crippen molar-refractivity contribution >= 4 is 0 Å². The normalized spacial score (nSPS) is 10.8. The van der Waals surface area contributed by atoms with E-state index in [1.807, 2.05) is 0 Å². The van der Waals surface area contributed by atoms with E-state index in [1.165, 1.54) is 6.07 Å². The van der Waals surface area contributed by atoms with E-state index >= 15 is 0 Å². The Labute approximate surface area is 90.3 Å². The maximum atomic E-state index is 13.0. The number of hydrogen-bond donors (Lipinski definition) is 1. The molecule has 0 saturated carbocycles. The lowest BCUT2D eigenvalue weighted by Crippen LogP contribution is -2.10. The highest BCUT2D eigenvalue weighted by molar-refractivity contribution is 5.43. The molecule has 0 aliphatic rings. The van der Waals surface area contributed by atoms with E-state index in [4.69, 9.17) is 5.73 Å². The third-order valence-corrected chi connectivity index (χ3v) is 1.79. The molecule has 86 valence electrons. The Balaban J connectivity index is 3.20. The molecule has 16 heavy (non-hydrogen) atoms. The first-order valence-electron chi connectivity index (χ1n) is 4.51. The predicted molar refractivity (Wildman–Crippen MR) is 52.0 cm³/mol. The van der Waals surface area contributed by atoms with Gasteiger partial charge in [0.15, 0.2) is 0 Å². The van der Waals surface area contributed by atoms with Crippen LogP contribution in [-0.4, -0.2) is 6.54 Å². The van der Waals surface area contributed by atoms with Crippen LogP contribution in [-0.2, 0) is 6.18 Å². The lowest BCUT2D eigenvalue weighted by molar-refractivity contribution is -0.140. The van der Waals surface area contributed by atoms with Crippen molar-refractivity contribution in [2.24, 2.45) is 5.73 Å². The molecule has 1 rings (SSSR count). The lowest BCUT2D eigenvalue weighted by atomic mass is 10.1. The van der Waals surface area contributed by atoms with Crippen molar-refractivity contribution in [1.82, 2.24) is 0 Å². The molecule has 0 saturated heterocycles. The van der Waals surface area contributed by atoms with Crippen molar-refractivity contribution in [2.75, 3.05) is 6.54 Å². The van der Waals surface area contributed by atoms with Gasteiger partial charge >= 0.3 is 6.18 Å². The third-order valence-electron chi connectivity index (χ3n) is 1.79. The fourth-order valence-electron chi connectivity index (χ4n) is 1.15. The van der Waals surface area contributed by atoms with Gasteiger partial charge in [-0.05, 0) is 12.1 Å². The molecule has 0 aliphatic heterocycles. The maximum absolute atomic E-state index is 13.0. The molecule has 0 fully saturated rings. The molecule has 0 atom stereocenters. The minimum Gasteiger partial charge on any atom is -0.330 e. The van der Waals surface area contributed by atoms with Crippen LogP contribution in [0.2, 0.25) is 0 Å². The molecule has 1 aromatic rings. The zero-order valence-corrected chi connectivity index (χ0v) is 8.24. The van der Waals surface area contributed by atoms with Gasteiger partial charge in [-0.2, -0.15) is 13.2 Å². The quantitative estimate of drug-likeness (QED) is 0.583. The molecule has 5 heteroatoms. The number of benzene rings is 1. The average Bonchev–Trinajstić information content (AvgIpc) is 2.16. The number of hydrogen-bond acceptors (Lipinski definition) is 1. The highest BCUT2D eigenvalue weighted by Crippen LogP contribution is 2.33. The number of nitrogens with two attached hydrogens (primary N) is 1. The first kappa shape index (κ1) is 12.5. The molecule has 0 radical (unpaired) electrons. The van der Waals surface area contributed by atoms with Crippen molar-refractivity contribution < 1.29 is 17.6 Å². The number of halogens is 4. The largest absolute Gasteiger partial charge is 0.420 e. The van der Waals surface area contributed by atoms with Crippen LogP contribution in [0.15, 0.2) is 18.2 Å². The summed E-state index contributed by atoms with van der Waals surface area (Å²) in [6.07, 6.45) is -4.47. The SMILES string of the molecule is NCCC#Cc1cccc(F)c1C(F)(F)F. The van der Waals surface area contributed by atoms with Crippen LogP contribution in [0.25, 0.3) is 0 Å². The Morgan fingerprint density at radius 1 is 1.25 bits per heavy atom. The molecular formula is C11H9F4N. The molecule has 0 spiro atoms. The molecule has 0 bridgehead atoms. The van der Waals surface area contributed by atoms with E-state index in [2.05, 4.69) is 11.8 Å². The molecule has 1 nitrogen and oxygen atoms in total. The Morgan fingerprint density at radius 2 is 1.94 bits per heavy atom. The summed E-state index contributed by atoms with van der Waals surface area (Å²) >= 11 is 0. The van der Waals surface area contributed by atoms with Gasteiger partial charge in [0.05, 0.1) is 0 Å². The second kappa shape index (κ2) is 4.99. The van der Waals surface area contributed by atoms with Crippen molar-refractivity contribution in [3.8, 4) is 11.8 Å². The lowest BCUT2D eigenvalue weighted by Gasteiger charge is -2.09. The molecule has 1 aromatic carbocycles. The minimum atomic E-state index is -4.74. The molecule has 0 aliphatic carbocycles. The second-order valence-corrected chi connectivity index (χ2v) is 3.00. The van der Waals surface area contributed by atoms with E-state index in [-0.39, 0.29) is 18.5 Å². The smallest absolute Gasteiger partial charge is 0.330 e. The molecule has 0 unspecified atom stereocenters. The summed E-state index contributed by atoms with van der Waals surface area (Å²) in [4.78, 5) is 0. The van der Waals surface area contributed by atoms with Crippen molar-refractivity contribution in [3.05, 3.63) is 35.1 Å². The van der Waals surface area contributed by atoms with Crippen LogP contribution in [0.5, 0.6) is 0 Å². The topological polar surface area (TPSA) is 26.0 Å². The fourth-order valence-corrected chi connectivity index (χ4v) is 1.15. The summed E-state index contributed by atoms with van der Waals surface area (Å²) in [6.45, 7) is 0.254. The summed E-state index contributed by atoms with van der Waals surface area (Å²) in [5.41, 5.74) is 3.47. The zero-order chi connectivity index (χ0) is 12.2. The monoisotopic (exact) mass is 231 g/mol. The van der Waals surface area contributed by atoms with E-state index in [0.717, 1.165) is 12.1 Å². The van der Waals surface area contributed by atoms with Gasteiger partial charge < -0.3 is 5.73 Å². The summed E-state index contributed by atoms with van der Waals surface area (Å²) in [5, 5.41) is 0. The molecule has 0 amide bonds. The van der Waals surface area contributed by atoms with Gasteiger partial charge in [0, 0.05) is 18.5 Å². The van der Waals surface area contributed by atoms with Gasteiger partial charge in [-0.3, -0.25) is 0 Å². The Morgan fingerprint density at radius 3 is 2.50 bits per heavy atom.